The molecule has 0 radical (unpaired) electrons. The number of aliphatic carboxylic acids is 4. The fourth-order valence-corrected chi connectivity index (χ4v) is 14.0. The molecule has 130 heavy (non-hydrogen) atoms. The summed E-state index contributed by atoms with van der Waals surface area (Å²) in [7, 11) is 0. The van der Waals surface area contributed by atoms with Gasteiger partial charge in [-0.25, -0.2) is 32.3 Å². The molecule has 0 fully saturated rings. The van der Waals surface area contributed by atoms with Crippen molar-refractivity contribution in [2.24, 2.45) is 28.7 Å². The first-order valence-electron chi connectivity index (χ1n) is 35.3. The van der Waals surface area contributed by atoms with E-state index in [0.29, 0.717) is 72.3 Å². The zero-order valence-corrected chi connectivity index (χ0v) is 70.0. The summed E-state index contributed by atoms with van der Waals surface area (Å²) in [6, 6.07) is 60.5. The standard InChI is InChI=1S/C24H17ClN4O3S.C17H17N3OS.C16H12ClFN2OS.C16H12F2N2OS.4C2HF3O2.CH2O2/c25-14-9-10-18-16(11-14)28-24(32-18)29-23(30)21(13-5-2-1-3-6-13)31-17-7-4-8-19-15(17)12-20(33-19)22(26)27;18-9-11-2-1-3-12(6-11)10-21-14-5-4-13-7-16(17(19)20)22-15(13)8-14;17-11-6-9(4-5-12(11)18)8-21-13-2-1-3-14-10(13)7-15(22-14)16(19)20;17-11-5-4-9(6-12(11)18)8-21-13-2-1-3-14-10(13)7-15(22-14)16(19)20;4*3-2(4,5)1(6)7;2-1-3/h1-12,21H,(H3,26,27)(H,28,29,30);1-8H,9-10,18H2,(H3,19,20);2*1-7H,8H2,(H3,19,20);4*(H,6,7);1H,(H,2,3). The summed E-state index contributed by atoms with van der Waals surface area (Å²) in [5.74, 6) is -10.9. The van der Waals surface area contributed by atoms with Crippen molar-refractivity contribution in [2.75, 3.05) is 5.32 Å². The number of benzene rings is 9. The van der Waals surface area contributed by atoms with Crippen LogP contribution in [0.3, 0.4) is 0 Å². The van der Waals surface area contributed by atoms with Crippen molar-refractivity contribution in [3.63, 3.8) is 0 Å². The maximum absolute atomic E-state index is 13.3. The lowest BCUT2D eigenvalue weighted by atomic mass is 10.1. The Morgan fingerprint density at radius 3 is 1.29 bits per heavy atom. The van der Waals surface area contributed by atoms with Gasteiger partial charge < -0.3 is 77.6 Å². The summed E-state index contributed by atoms with van der Waals surface area (Å²) in [5.41, 5.74) is 33.1. The first-order valence-corrected chi connectivity index (χ1v) is 39.3. The number of carboxylic acid groups (broad SMARTS) is 5. The third-order valence-electron chi connectivity index (χ3n) is 15.6. The van der Waals surface area contributed by atoms with E-state index in [0.717, 1.165) is 79.8 Å². The second-order valence-corrected chi connectivity index (χ2v) is 30.2. The Bertz CT molecular complexity index is 6140. The highest BCUT2D eigenvalue weighted by molar-refractivity contribution is 7.22. The minimum Gasteiger partial charge on any atom is -0.489 e. The summed E-state index contributed by atoms with van der Waals surface area (Å²) in [6.45, 7) is 1.19. The van der Waals surface area contributed by atoms with Crippen LogP contribution in [0.4, 0.5) is 71.9 Å². The number of fused-ring (bicyclic) bond motifs is 5. The molecule has 1 atom stereocenters. The van der Waals surface area contributed by atoms with Gasteiger partial charge in [-0.15, -0.1) is 45.3 Å². The van der Waals surface area contributed by atoms with Gasteiger partial charge in [-0.3, -0.25) is 36.5 Å². The van der Waals surface area contributed by atoms with Gasteiger partial charge in [0.1, 0.15) is 77.5 Å². The molecular formula is C82H64Cl2F15N11O16S4. The van der Waals surface area contributed by atoms with Crippen molar-refractivity contribution >= 4 is 186 Å². The molecule has 48 heteroatoms. The van der Waals surface area contributed by atoms with Crippen LogP contribution in [0.15, 0.2) is 211 Å². The summed E-state index contributed by atoms with van der Waals surface area (Å²) >= 11 is 17.5. The van der Waals surface area contributed by atoms with Crippen molar-refractivity contribution < 1.29 is 144 Å². The van der Waals surface area contributed by atoms with E-state index in [-0.39, 0.29) is 54.1 Å². The molecule has 20 N–H and O–H groups in total. The van der Waals surface area contributed by atoms with Gasteiger partial charge in [0.2, 0.25) is 6.10 Å². The number of nitrogens with two attached hydrogens (primary N) is 5. The van der Waals surface area contributed by atoms with Crippen LogP contribution < -0.4 is 52.9 Å². The number of amides is 1. The average molecular weight is 1940 g/mol. The largest absolute Gasteiger partial charge is 0.490 e. The molecule has 1 amide bonds. The smallest absolute Gasteiger partial charge is 0.489 e. The molecule has 0 saturated heterocycles. The summed E-state index contributed by atoms with van der Waals surface area (Å²) < 4.78 is 199. The lowest BCUT2D eigenvalue weighted by molar-refractivity contribution is -0.193. The molecule has 1 unspecified atom stereocenters. The number of carboxylic acids is 4. The van der Waals surface area contributed by atoms with E-state index in [4.69, 9.17) is 146 Å². The van der Waals surface area contributed by atoms with Crippen molar-refractivity contribution in [3.8, 4) is 23.0 Å². The molecule has 27 nitrogen and oxygen atoms in total. The molecule has 0 bridgehead atoms. The third kappa shape index (κ3) is 32.5. The number of nitrogens with one attached hydrogen (secondary N) is 5. The number of carbonyl (C=O) groups excluding carboxylic acids is 1. The monoisotopic (exact) mass is 1940 g/mol. The van der Waals surface area contributed by atoms with Crippen LogP contribution in [-0.2, 0) is 55.1 Å². The summed E-state index contributed by atoms with van der Waals surface area (Å²) in [5, 5.41) is 72.5. The van der Waals surface area contributed by atoms with E-state index >= 15 is 0 Å². The highest BCUT2D eigenvalue weighted by Gasteiger charge is 2.40. The van der Waals surface area contributed by atoms with Gasteiger partial charge in [0.25, 0.3) is 12.4 Å². The molecule has 5 aromatic heterocycles. The molecule has 0 saturated carbocycles. The number of oxazole rings is 1. The number of carbonyl (C=O) groups is 6. The molecule has 686 valence electrons. The second-order valence-electron chi connectivity index (χ2n) is 25.0. The van der Waals surface area contributed by atoms with E-state index in [1.807, 2.05) is 121 Å². The fourth-order valence-electron chi connectivity index (χ4n) is 9.84. The Labute approximate surface area is 746 Å². The summed E-state index contributed by atoms with van der Waals surface area (Å²) in [4.78, 5) is 64.3. The zero-order chi connectivity index (χ0) is 96.9. The molecule has 14 rings (SSSR count). The minimum absolute atomic E-state index is 0.00718. The Balaban J connectivity index is 0.000000243. The zero-order valence-electron chi connectivity index (χ0n) is 65.2. The van der Waals surface area contributed by atoms with Gasteiger partial charge in [0.05, 0.1) is 24.5 Å². The van der Waals surface area contributed by atoms with Crippen LogP contribution in [0.25, 0.3) is 51.4 Å². The second kappa shape index (κ2) is 47.5. The maximum Gasteiger partial charge on any atom is 0.490 e. The Morgan fingerprint density at radius 1 is 0.454 bits per heavy atom. The molecule has 14 aromatic rings. The molecule has 0 aliphatic rings. The van der Waals surface area contributed by atoms with Crippen molar-refractivity contribution in [1.82, 2.24) is 4.98 Å². The number of aromatic nitrogens is 1. The number of nitrogen functional groups attached to an aromatic ring is 4. The lowest BCUT2D eigenvalue weighted by Gasteiger charge is -2.19. The van der Waals surface area contributed by atoms with Crippen LogP contribution in [-0.4, -0.2) is 115 Å². The number of hydrogen-bond donors (Lipinski definition) is 15. The van der Waals surface area contributed by atoms with E-state index in [9.17, 15) is 70.7 Å². The van der Waals surface area contributed by atoms with Gasteiger partial charge in [0.15, 0.2) is 17.2 Å². The van der Waals surface area contributed by atoms with Crippen LogP contribution in [0, 0.1) is 39.1 Å². The normalized spacial score (nSPS) is 11.1. The molecule has 0 spiro atoms. The fraction of sp³-hybridized carbons (Fsp3) is 0.110. The number of halogens is 17. The molecule has 9 aromatic carbocycles. The number of rotatable bonds is 19. The molecular weight excluding hydrogens is 1880 g/mol. The van der Waals surface area contributed by atoms with Gasteiger partial charge in [0, 0.05) is 52.1 Å². The first-order chi connectivity index (χ1) is 60.9. The van der Waals surface area contributed by atoms with Crippen molar-refractivity contribution in [2.45, 2.75) is 57.2 Å². The number of ether oxygens (including phenoxy) is 4. The quantitative estimate of drug-likeness (QED) is 0.0155. The minimum atomic E-state index is -5.08. The van der Waals surface area contributed by atoms with Gasteiger partial charge in [-0.05, 0) is 149 Å². The Morgan fingerprint density at radius 2 is 0.854 bits per heavy atom. The van der Waals surface area contributed by atoms with Gasteiger partial charge in [-0.1, -0.05) is 108 Å². The molecule has 0 aliphatic heterocycles. The number of thiophene rings is 4. The Hall–Kier alpha value is -14.3. The van der Waals surface area contributed by atoms with Crippen LogP contribution in [0.1, 0.15) is 53.4 Å². The van der Waals surface area contributed by atoms with Gasteiger partial charge >= 0.3 is 54.6 Å². The van der Waals surface area contributed by atoms with E-state index in [2.05, 4.69) is 16.4 Å². The summed E-state index contributed by atoms with van der Waals surface area (Å²) in [6.07, 6.45) is -21.3. The molecule has 0 aliphatic carbocycles. The Kier molecular flexibility index (Phi) is 38.2. The van der Waals surface area contributed by atoms with E-state index in [1.54, 1.807) is 54.6 Å². The number of hydrogen-bond acceptors (Lipinski definition) is 21. The molecule has 5 heterocycles. The highest BCUT2D eigenvalue weighted by Crippen LogP contribution is 2.39. The van der Waals surface area contributed by atoms with Crippen molar-refractivity contribution in [1.29, 1.82) is 21.6 Å². The number of anilines is 1. The first kappa shape index (κ1) is 104. The van der Waals surface area contributed by atoms with Gasteiger partial charge in [-0.2, -0.15) is 57.7 Å². The maximum atomic E-state index is 13.3. The van der Waals surface area contributed by atoms with Crippen LogP contribution >= 0.6 is 68.5 Å². The predicted octanol–water partition coefficient (Wildman–Crippen LogP) is 19.8. The van der Waals surface area contributed by atoms with Crippen LogP contribution in [0.5, 0.6) is 23.0 Å². The van der Waals surface area contributed by atoms with E-state index in [1.165, 1.54) is 57.5 Å². The highest BCUT2D eigenvalue weighted by atomic mass is 35.5. The van der Waals surface area contributed by atoms with Crippen molar-refractivity contribution in [3.05, 3.63) is 281 Å². The number of alkyl halides is 12. The van der Waals surface area contributed by atoms with E-state index < -0.39 is 78.0 Å². The SMILES string of the molecule is N=C(N)c1cc2c(OC(C(=O)Nc3nc4cc(Cl)ccc4o3)c3ccccc3)cccc2s1.N=C(N)c1cc2c(OCc3ccc(F)c(Cl)c3)cccc2s1.N=C(N)c1cc2c(OCc3ccc(F)c(F)c3)cccc2s1.N=C(N)c1cc2ccc(OCc3cccc(CN)c3)cc2s1.O=C(O)C(F)(F)F.O=C(O)C(F)(F)F.O=C(O)C(F)(F)F.O=C(O)C(F)(F)F.O=CO. The number of amidine groups is 4. The average Bonchev–Trinajstić information content (AvgIpc) is 1.58. The third-order valence-corrected chi connectivity index (χ3v) is 20.7. The number of nitrogens with zero attached hydrogens (tertiary/aromatic N) is 1. The topological polar surface area (TPSA) is 504 Å². The predicted molar refractivity (Wildman–Crippen MR) is 457 cm³/mol. The van der Waals surface area contributed by atoms with Crippen LogP contribution in [0.2, 0.25) is 10.0 Å². The lowest BCUT2D eigenvalue weighted by Crippen LogP contribution is -2.25.